The van der Waals surface area contributed by atoms with Crippen LogP contribution in [0.2, 0.25) is 0 Å². The minimum atomic E-state index is -0.414. The maximum atomic E-state index is 12.0. The van der Waals surface area contributed by atoms with E-state index in [0.29, 0.717) is 29.7 Å². The van der Waals surface area contributed by atoms with Gasteiger partial charge in [0.05, 0.1) is 6.61 Å². The molecule has 0 amide bonds. The van der Waals surface area contributed by atoms with Gasteiger partial charge >= 0.3 is 5.97 Å². The number of nitrogens with one attached hydrogen (secondary N) is 1. The molecular weight excluding hydrogens is 298 g/mol. The second-order valence-corrected chi connectivity index (χ2v) is 5.39. The van der Waals surface area contributed by atoms with Crippen LogP contribution in [-0.2, 0) is 11.3 Å². The molecule has 0 spiro atoms. The lowest BCUT2D eigenvalue weighted by atomic mass is 10.1. The summed E-state index contributed by atoms with van der Waals surface area (Å²) in [7, 11) is 0. The fourth-order valence-electron chi connectivity index (χ4n) is 1.94. The Kier molecular flexibility index (Phi) is 5.77. The topological polar surface area (TPSA) is 64.1 Å². The van der Waals surface area contributed by atoms with Crippen molar-refractivity contribution in [3.63, 3.8) is 0 Å². The lowest BCUT2D eigenvalue weighted by Gasteiger charge is -2.12. The molecule has 0 unspecified atom stereocenters. The average Bonchev–Trinajstić information content (AvgIpc) is 2.54. The van der Waals surface area contributed by atoms with Crippen LogP contribution < -0.4 is 5.32 Å². The monoisotopic (exact) mass is 317 g/mol. The van der Waals surface area contributed by atoms with E-state index < -0.39 is 5.97 Å². The summed E-state index contributed by atoms with van der Waals surface area (Å²) in [6.45, 7) is 4.73. The third-order valence-corrected chi connectivity index (χ3v) is 3.71. The number of benzene rings is 1. The zero-order chi connectivity index (χ0) is 15.9. The first-order chi connectivity index (χ1) is 10.7. The van der Waals surface area contributed by atoms with Crippen molar-refractivity contribution < 1.29 is 9.53 Å². The highest BCUT2D eigenvalue weighted by atomic mass is 32.2. The number of thioether (sulfide) groups is 1. The van der Waals surface area contributed by atoms with Crippen LogP contribution in [0.25, 0.3) is 0 Å². The number of aromatic nitrogens is 2. The Hall–Kier alpha value is -2.08. The van der Waals surface area contributed by atoms with E-state index in [1.54, 1.807) is 6.92 Å². The van der Waals surface area contributed by atoms with Crippen LogP contribution in [0, 0.1) is 6.92 Å². The molecule has 22 heavy (non-hydrogen) atoms. The van der Waals surface area contributed by atoms with Gasteiger partial charge in [-0.1, -0.05) is 36.0 Å². The standard InChI is InChI=1S/C16H19N3O2S/c1-4-21-15(20)13-10-18-16(22-3)19-14(13)17-9-12-8-6-5-7-11(12)2/h5-8,10H,4,9H2,1-3H3,(H,17,18,19). The zero-order valence-corrected chi connectivity index (χ0v) is 13.7. The van der Waals surface area contributed by atoms with Crippen molar-refractivity contribution in [1.82, 2.24) is 9.97 Å². The number of ether oxygens (including phenoxy) is 1. The maximum Gasteiger partial charge on any atom is 0.343 e. The van der Waals surface area contributed by atoms with Crippen LogP contribution >= 0.6 is 11.8 Å². The van der Waals surface area contributed by atoms with Gasteiger partial charge in [-0.25, -0.2) is 14.8 Å². The Morgan fingerprint density at radius 3 is 2.82 bits per heavy atom. The summed E-state index contributed by atoms with van der Waals surface area (Å²) in [6.07, 6.45) is 3.40. The molecule has 1 heterocycles. The van der Waals surface area contributed by atoms with E-state index >= 15 is 0 Å². The number of carbonyl (C=O) groups excluding carboxylic acids is 1. The van der Waals surface area contributed by atoms with E-state index in [9.17, 15) is 4.79 Å². The quantitative estimate of drug-likeness (QED) is 0.501. The normalized spacial score (nSPS) is 10.3. The number of hydrogen-bond acceptors (Lipinski definition) is 6. The summed E-state index contributed by atoms with van der Waals surface area (Å²) in [5.41, 5.74) is 2.70. The maximum absolute atomic E-state index is 12.0. The van der Waals surface area contributed by atoms with Crippen LogP contribution in [0.5, 0.6) is 0 Å². The van der Waals surface area contributed by atoms with Crippen molar-refractivity contribution in [3.8, 4) is 0 Å². The smallest absolute Gasteiger partial charge is 0.343 e. The second kappa shape index (κ2) is 7.79. The highest BCUT2D eigenvalue weighted by Gasteiger charge is 2.15. The summed E-state index contributed by atoms with van der Waals surface area (Å²) < 4.78 is 5.05. The molecule has 1 aromatic heterocycles. The Bertz CT molecular complexity index is 662. The van der Waals surface area contributed by atoms with E-state index in [1.165, 1.54) is 23.5 Å². The third kappa shape index (κ3) is 3.98. The average molecular weight is 317 g/mol. The summed E-state index contributed by atoms with van der Waals surface area (Å²) in [6, 6.07) is 8.09. The predicted octanol–water partition coefficient (Wildman–Crippen LogP) is 3.30. The first-order valence-corrected chi connectivity index (χ1v) is 8.24. The highest BCUT2D eigenvalue weighted by Crippen LogP contribution is 2.19. The minimum absolute atomic E-state index is 0.320. The van der Waals surface area contributed by atoms with Gasteiger partial charge in [0.2, 0.25) is 0 Å². The van der Waals surface area contributed by atoms with Gasteiger partial charge in [0.15, 0.2) is 5.16 Å². The van der Waals surface area contributed by atoms with Crippen molar-refractivity contribution >= 4 is 23.5 Å². The molecule has 1 N–H and O–H groups in total. The predicted molar refractivity (Wildman–Crippen MR) is 88.3 cm³/mol. The van der Waals surface area contributed by atoms with Crippen LogP contribution in [0.4, 0.5) is 5.82 Å². The fraction of sp³-hybridized carbons (Fsp3) is 0.312. The largest absolute Gasteiger partial charge is 0.462 e. The van der Waals surface area contributed by atoms with Gasteiger partial charge in [-0.2, -0.15) is 0 Å². The molecule has 0 saturated heterocycles. The van der Waals surface area contributed by atoms with E-state index in [2.05, 4.69) is 28.3 Å². The lowest BCUT2D eigenvalue weighted by Crippen LogP contribution is -2.13. The first kappa shape index (κ1) is 16.3. The number of esters is 1. The minimum Gasteiger partial charge on any atom is -0.462 e. The molecule has 5 nitrogen and oxygen atoms in total. The molecule has 0 radical (unpaired) electrons. The van der Waals surface area contributed by atoms with Gasteiger partial charge in [0, 0.05) is 12.7 Å². The Labute approximate surface area is 134 Å². The number of anilines is 1. The zero-order valence-electron chi connectivity index (χ0n) is 12.9. The molecule has 6 heteroatoms. The first-order valence-electron chi connectivity index (χ1n) is 7.02. The molecule has 0 aliphatic carbocycles. The number of rotatable bonds is 6. The summed E-state index contributed by atoms with van der Waals surface area (Å²) in [5, 5.41) is 3.83. The third-order valence-electron chi connectivity index (χ3n) is 3.15. The summed E-state index contributed by atoms with van der Waals surface area (Å²) >= 11 is 1.43. The number of nitrogens with zero attached hydrogens (tertiary/aromatic N) is 2. The number of carbonyl (C=O) groups is 1. The molecule has 2 aromatic rings. The molecule has 0 fully saturated rings. The van der Waals surface area contributed by atoms with Gasteiger partial charge in [0.1, 0.15) is 11.4 Å². The van der Waals surface area contributed by atoms with E-state index in [0.717, 1.165) is 5.56 Å². The van der Waals surface area contributed by atoms with Gasteiger partial charge in [-0.3, -0.25) is 0 Å². The van der Waals surface area contributed by atoms with Crippen molar-refractivity contribution in [2.45, 2.75) is 25.5 Å². The van der Waals surface area contributed by atoms with Gasteiger partial charge in [-0.05, 0) is 31.2 Å². The van der Waals surface area contributed by atoms with E-state index in [-0.39, 0.29) is 0 Å². The van der Waals surface area contributed by atoms with Crippen LogP contribution in [0.15, 0.2) is 35.6 Å². The molecule has 116 valence electrons. The Balaban J connectivity index is 2.24. The molecular formula is C16H19N3O2S. The highest BCUT2D eigenvalue weighted by molar-refractivity contribution is 7.98. The lowest BCUT2D eigenvalue weighted by molar-refractivity contribution is 0.0526. The fourth-order valence-corrected chi connectivity index (χ4v) is 2.29. The molecule has 0 aliphatic rings. The SMILES string of the molecule is CCOC(=O)c1cnc(SC)nc1NCc1ccccc1C. The number of hydrogen-bond donors (Lipinski definition) is 1. The summed E-state index contributed by atoms with van der Waals surface area (Å²) in [4.78, 5) is 20.5. The van der Waals surface area contributed by atoms with Crippen molar-refractivity contribution in [2.24, 2.45) is 0 Å². The van der Waals surface area contributed by atoms with Crippen LogP contribution in [0.3, 0.4) is 0 Å². The van der Waals surface area contributed by atoms with Crippen molar-refractivity contribution in [1.29, 1.82) is 0 Å². The van der Waals surface area contributed by atoms with Gasteiger partial charge in [0.25, 0.3) is 0 Å². The van der Waals surface area contributed by atoms with Crippen molar-refractivity contribution in [3.05, 3.63) is 47.2 Å². The molecule has 0 saturated carbocycles. The summed E-state index contributed by atoms with van der Waals surface area (Å²) in [5.74, 6) is 0.0866. The molecule has 2 rings (SSSR count). The van der Waals surface area contributed by atoms with Gasteiger partial charge in [-0.15, -0.1) is 0 Å². The molecule has 1 aromatic carbocycles. The Morgan fingerprint density at radius 2 is 2.14 bits per heavy atom. The van der Waals surface area contributed by atoms with E-state index in [4.69, 9.17) is 4.74 Å². The molecule has 0 aliphatic heterocycles. The molecule has 0 atom stereocenters. The van der Waals surface area contributed by atoms with Crippen molar-refractivity contribution in [2.75, 3.05) is 18.2 Å². The van der Waals surface area contributed by atoms with Crippen LogP contribution in [0.1, 0.15) is 28.4 Å². The Morgan fingerprint density at radius 1 is 1.36 bits per heavy atom. The van der Waals surface area contributed by atoms with Crippen LogP contribution in [-0.4, -0.2) is 28.8 Å². The van der Waals surface area contributed by atoms with Gasteiger partial charge < -0.3 is 10.1 Å². The second-order valence-electron chi connectivity index (χ2n) is 4.62. The van der Waals surface area contributed by atoms with E-state index in [1.807, 2.05) is 24.5 Å². The number of aryl methyl sites for hydroxylation is 1. The molecule has 0 bridgehead atoms.